The van der Waals surface area contributed by atoms with Gasteiger partial charge in [0.1, 0.15) is 5.82 Å². The lowest BCUT2D eigenvalue weighted by Gasteiger charge is -2.08. The summed E-state index contributed by atoms with van der Waals surface area (Å²) in [7, 11) is 0. The fourth-order valence-electron chi connectivity index (χ4n) is 2.11. The number of benzene rings is 2. The highest BCUT2D eigenvalue weighted by Crippen LogP contribution is 2.26. The number of nitrogens with two attached hydrogens (primary N) is 1. The Morgan fingerprint density at radius 3 is 2.74 bits per heavy atom. The van der Waals surface area contributed by atoms with E-state index >= 15 is 0 Å². The number of aromatic nitrogens is 2. The molecule has 0 amide bonds. The molecule has 0 atom stereocenters. The van der Waals surface area contributed by atoms with Gasteiger partial charge < -0.3 is 5.73 Å². The van der Waals surface area contributed by atoms with Gasteiger partial charge in [0.05, 0.1) is 11.0 Å². The van der Waals surface area contributed by atoms with E-state index in [1.165, 1.54) is 6.07 Å². The highest BCUT2D eigenvalue weighted by molar-refractivity contribution is 6.31. The first kappa shape index (κ1) is 12.0. The van der Waals surface area contributed by atoms with Crippen LogP contribution in [0.15, 0.2) is 36.4 Å². The summed E-state index contributed by atoms with van der Waals surface area (Å²) in [6.07, 6.45) is 0. The van der Waals surface area contributed by atoms with Crippen LogP contribution in [0.5, 0.6) is 0 Å². The monoisotopic (exact) mass is 275 g/mol. The van der Waals surface area contributed by atoms with Crippen molar-refractivity contribution in [2.45, 2.75) is 6.92 Å². The topological polar surface area (TPSA) is 43.8 Å². The Bertz CT molecular complexity index is 780. The van der Waals surface area contributed by atoms with Crippen molar-refractivity contribution < 1.29 is 4.39 Å². The van der Waals surface area contributed by atoms with Crippen LogP contribution in [0.4, 0.5) is 10.3 Å². The first-order valence-corrected chi connectivity index (χ1v) is 6.14. The predicted molar refractivity (Wildman–Crippen MR) is 75.2 cm³/mol. The van der Waals surface area contributed by atoms with Crippen molar-refractivity contribution in [2.24, 2.45) is 0 Å². The van der Waals surface area contributed by atoms with E-state index < -0.39 is 0 Å². The van der Waals surface area contributed by atoms with Crippen LogP contribution in [0.2, 0.25) is 5.02 Å². The SMILES string of the molecule is Cc1cc(-n2c(N)nc3cc(Cl)ccc32)ccc1F. The van der Waals surface area contributed by atoms with E-state index in [4.69, 9.17) is 17.3 Å². The molecule has 5 heteroatoms. The first-order valence-electron chi connectivity index (χ1n) is 5.76. The van der Waals surface area contributed by atoms with Crippen molar-refractivity contribution in [3.63, 3.8) is 0 Å². The van der Waals surface area contributed by atoms with Crippen LogP contribution >= 0.6 is 11.6 Å². The molecule has 0 fully saturated rings. The van der Waals surface area contributed by atoms with Crippen molar-refractivity contribution >= 4 is 28.6 Å². The third-order valence-corrected chi connectivity index (χ3v) is 3.28. The Hall–Kier alpha value is -2.07. The van der Waals surface area contributed by atoms with Gasteiger partial charge in [0, 0.05) is 10.7 Å². The van der Waals surface area contributed by atoms with Gasteiger partial charge in [-0.15, -0.1) is 0 Å². The van der Waals surface area contributed by atoms with Crippen molar-refractivity contribution in [3.8, 4) is 5.69 Å². The molecule has 0 aliphatic carbocycles. The number of fused-ring (bicyclic) bond motifs is 1. The quantitative estimate of drug-likeness (QED) is 0.736. The van der Waals surface area contributed by atoms with Crippen LogP contribution in [0.3, 0.4) is 0 Å². The molecule has 0 aliphatic rings. The standard InChI is InChI=1S/C14H11ClFN3/c1-8-6-10(3-4-11(8)16)19-13-5-2-9(15)7-12(13)18-14(19)17/h2-7H,1H3,(H2,17,18). The van der Waals surface area contributed by atoms with Gasteiger partial charge >= 0.3 is 0 Å². The molecule has 0 unspecified atom stereocenters. The van der Waals surface area contributed by atoms with E-state index in [0.29, 0.717) is 22.1 Å². The number of anilines is 1. The molecule has 19 heavy (non-hydrogen) atoms. The molecule has 0 bridgehead atoms. The minimum Gasteiger partial charge on any atom is -0.369 e. The second-order valence-electron chi connectivity index (χ2n) is 4.37. The fourth-order valence-corrected chi connectivity index (χ4v) is 2.28. The van der Waals surface area contributed by atoms with Gasteiger partial charge in [-0.25, -0.2) is 9.37 Å². The van der Waals surface area contributed by atoms with E-state index in [0.717, 1.165) is 11.2 Å². The molecule has 1 aromatic heterocycles. The Kier molecular flexibility index (Phi) is 2.68. The maximum Gasteiger partial charge on any atom is 0.205 e. The van der Waals surface area contributed by atoms with Gasteiger partial charge in [0.15, 0.2) is 0 Å². The zero-order chi connectivity index (χ0) is 13.6. The maximum atomic E-state index is 13.3. The smallest absolute Gasteiger partial charge is 0.205 e. The summed E-state index contributed by atoms with van der Waals surface area (Å²) in [4.78, 5) is 4.26. The van der Waals surface area contributed by atoms with E-state index in [1.807, 2.05) is 6.07 Å². The summed E-state index contributed by atoms with van der Waals surface area (Å²) in [6.45, 7) is 1.71. The predicted octanol–water partition coefficient (Wildman–Crippen LogP) is 3.71. The number of halogens is 2. The summed E-state index contributed by atoms with van der Waals surface area (Å²) in [5, 5.41) is 0.604. The highest BCUT2D eigenvalue weighted by atomic mass is 35.5. The first-order chi connectivity index (χ1) is 9.06. The summed E-state index contributed by atoms with van der Waals surface area (Å²) in [5.41, 5.74) is 8.84. The molecule has 96 valence electrons. The number of nitrogen functional groups attached to an aromatic ring is 1. The number of hydrogen-bond acceptors (Lipinski definition) is 2. The van der Waals surface area contributed by atoms with Crippen LogP contribution in [0, 0.1) is 12.7 Å². The van der Waals surface area contributed by atoms with Gasteiger partial charge in [-0.2, -0.15) is 0 Å². The normalized spacial score (nSPS) is 11.1. The average Bonchev–Trinajstić information content (AvgIpc) is 2.68. The molecular weight excluding hydrogens is 265 g/mol. The number of rotatable bonds is 1. The Morgan fingerprint density at radius 1 is 1.21 bits per heavy atom. The van der Waals surface area contributed by atoms with E-state index in [2.05, 4.69) is 4.98 Å². The summed E-state index contributed by atoms with van der Waals surface area (Å²) in [5.74, 6) is 0.109. The second kappa shape index (κ2) is 4.24. The van der Waals surface area contributed by atoms with Crippen molar-refractivity contribution in [1.29, 1.82) is 0 Å². The molecule has 0 saturated carbocycles. The molecule has 0 saturated heterocycles. The number of aryl methyl sites for hydroxylation is 1. The minimum absolute atomic E-state index is 0.241. The number of imidazole rings is 1. The zero-order valence-corrected chi connectivity index (χ0v) is 10.9. The van der Waals surface area contributed by atoms with Gasteiger partial charge in [0.2, 0.25) is 5.95 Å². The summed E-state index contributed by atoms with van der Waals surface area (Å²) < 4.78 is 15.1. The molecule has 1 heterocycles. The molecule has 3 aromatic rings. The fraction of sp³-hybridized carbons (Fsp3) is 0.0714. The third kappa shape index (κ3) is 1.94. The van der Waals surface area contributed by atoms with E-state index in [9.17, 15) is 4.39 Å². The van der Waals surface area contributed by atoms with Gasteiger partial charge in [-0.05, 0) is 48.9 Å². The Morgan fingerprint density at radius 2 is 2.00 bits per heavy atom. The van der Waals surface area contributed by atoms with Crippen LogP contribution in [-0.2, 0) is 0 Å². The van der Waals surface area contributed by atoms with Crippen molar-refractivity contribution in [3.05, 3.63) is 52.8 Å². The molecule has 0 aliphatic heterocycles. The molecule has 0 spiro atoms. The average molecular weight is 276 g/mol. The molecule has 3 nitrogen and oxygen atoms in total. The van der Waals surface area contributed by atoms with E-state index in [1.54, 1.807) is 35.8 Å². The lowest BCUT2D eigenvalue weighted by Crippen LogP contribution is -2.01. The molecule has 0 radical (unpaired) electrons. The zero-order valence-electron chi connectivity index (χ0n) is 10.2. The van der Waals surface area contributed by atoms with E-state index in [-0.39, 0.29) is 5.82 Å². The van der Waals surface area contributed by atoms with Gasteiger partial charge in [-0.1, -0.05) is 11.6 Å². The van der Waals surface area contributed by atoms with Crippen molar-refractivity contribution in [1.82, 2.24) is 9.55 Å². The maximum absolute atomic E-state index is 13.3. The van der Waals surface area contributed by atoms with Gasteiger partial charge in [0.25, 0.3) is 0 Å². The largest absolute Gasteiger partial charge is 0.369 e. The molecule has 3 rings (SSSR count). The van der Waals surface area contributed by atoms with Crippen LogP contribution in [-0.4, -0.2) is 9.55 Å². The molecular formula is C14H11ClFN3. The van der Waals surface area contributed by atoms with Crippen LogP contribution in [0.25, 0.3) is 16.7 Å². The molecule has 2 N–H and O–H groups in total. The minimum atomic E-state index is -0.241. The Labute approximate surface area is 114 Å². The lowest BCUT2D eigenvalue weighted by atomic mass is 10.2. The molecule has 2 aromatic carbocycles. The van der Waals surface area contributed by atoms with Gasteiger partial charge in [-0.3, -0.25) is 4.57 Å². The number of nitrogens with zero attached hydrogens (tertiary/aromatic N) is 2. The lowest BCUT2D eigenvalue weighted by molar-refractivity contribution is 0.618. The number of hydrogen-bond donors (Lipinski definition) is 1. The van der Waals surface area contributed by atoms with Crippen LogP contribution in [0.1, 0.15) is 5.56 Å². The van der Waals surface area contributed by atoms with Crippen LogP contribution < -0.4 is 5.73 Å². The summed E-state index contributed by atoms with van der Waals surface area (Å²) in [6, 6.07) is 10.2. The second-order valence-corrected chi connectivity index (χ2v) is 4.81. The highest BCUT2D eigenvalue weighted by Gasteiger charge is 2.11. The third-order valence-electron chi connectivity index (χ3n) is 3.04. The summed E-state index contributed by atoms with van der Waals surface area (Å²) >= 11 is 5.93. The Balaban J connectivity index is 2.29. The van der Waals surface area contributed by atoms with Crippen molar-refractivity contribution in [2.75, 3.05) is 5.73 Å².